The van der Waals surface area contributed by atoms with Crippen LogP contribution in [0.5, 0.6) is 0 Å². The molecular weight excluding hydrogens is 240 g/mol. The first-order valence-corrected chi connectivity index (χ1v) is 7.30. The van der Waals surface area contributed by atoms with Gasteiger partial charge < -0.3 is 0 Å². The molecule has 0 aliphatic rings. The zero-order valence-electron chi connectivity index (χ0n) is 7.80. The number of hydrogen-bond donors (Lipinski definition) is 0. The van der Waals surface area contributed by atoms with E-state index in [2.05, 4.69) is 9.98 Å². The van der Waals surface area contributed by atoms with E-state index in [4.69, 9.17) is 0 Å². The summed E-state index contributed by atoms with van der Waals surface area (Å²) in [6, 6.07) is 0. The van der Waals surface area contributed by atoms with Gasteiger partial charge in [0, 0.05) is 5.08 Å². The van der Waals surface area contributed by atoms with E-state index in [-0.39, 0.29) is 10.7 Å². The van der Waals surface area contributed by atoms with Crippen LogP contribution in [0.4, 0.5) is 0 Å². The van der Waals surface area contributed by atoms with Crippen LogP contribution in [0.3, 0.4) is 0 Å². The zero-order valence-corrected chi connectivity index (χ0v) is 10.2. The minimum Gasteiger partial charge on any atom is -0.211 e. The van der Waals surface area contributed by atoms with Gasteiger partial charge in [0.25, 0.3) is 0 Å². The average Bonchev–Trinajstić information content (AvgIpc) is 2.21. The van der Waals surface area contributed by atoms with Crippen LogP contribution in [0, 0.1) is 0 Å². The molecule has 4 nitrogen and oxygen atoms in total. The van der Waals surface area contributed by atoms with Gasteiger partial charge in [-0.05, 0) is 12.5 Å². The quantitative estimate of drug-likeness (QED) is 0.391. The lowest BCUT2D eigenvalue weighted by Crippen LogP contribution is -2.15. The summed E-state index contributed by atoms with van der Waals surface area (Å²) in [4.78, 5) is 27.4. The molecule has 0 rings (SSSR count). The van der Waals surface area contributed by atoms with Crippen molar-refractivity contribution in [3.8, 4) is 0 Å². The third kappa shape index (κ3) is 5.52. The van der Waals surface area contributed by atoms with E-state index in [1.807, 2.05) is 6.26 Å². The predicted octanol–water partition coefficient (Wildman–Crippen LogP) is 1.73. The van der Waals surface area contributed by atoms with Gasteiger partial charge in [-0.25, -0.2) is 9.59 Å². The molecule has 0 aliphatic heterocycles. The summed E-state index contributed by atoms with van der Waals surface area (Å²) in [6.45, 7) is 0. The second-order valence-corrected chi connectivity index (χ2v) is 5.32. The number of aliphatic imine (C=N–C) groups is 2. The SMILES string of the molecule is CSCSC(N=C=O)C(N=C=O)SC. The topological polar surface area (TPSA) is 58.9 Å². The minimum absolute atomic E-state index is 0.351. The van der Waals surface area contributed by atoms with Gasteiger partial charge in [0.1, 0.15) is 10.7 Å². The first-order valence-electron chi connectivity index (χ1n) is 3.57. The Balaban J connectivity index is 4.41. The first kappa shape index (κ1) is 13.8. The lowest BCUT2D eigenvalue weighted by atomic mass is 10.6. The Bertz CT molecular complexity index is 249. The molecule has 0 fully saturated rings. The van der Waals surface area contributed by atoms with Crippen molar-refractivity contribution in [3.05, 3.63) is 0 Å². The Morgan fingerprint density at radius 1 is 1.14 bits per heavy atom. The van der Waals surface area contributed by atoms with E-state index < -0.39 is 0 Å². The highest BCUT2D eigenvalue weighted by atomic mass is 32.2. The van der Waals surface area contributed by atoms with Crippen LogP contribution >= 0.6 is 35.3 Å². The predicted molar refractivity (Wildman–Crippen MR) is 63.3 cm³/mol. The number of rotatable bonds is 7. The Kier molecular flexibility index (Phi) is 9.24. The summed E-state index contributed by atoms with van der Waals surface area (Å²) in [5.41, 5.74) is 0. The van der Waals surface area contributed by atoms with Gasteiger partial charge >= 0.3 is 0 Å². The number of nitrogens with zero attached hydrogens (tertiary/aromatic N) is 2. The number of isocyanates is 2. The molecule has 0 aromatic rings. The molecule has 0 aromatic heterocycles. The maximum absolute atomic E-state index is 10.1. The monoisotopic (exact) mass is 250 g/mol. The molecule has 14 heavy (non-hydrogen) atoms. The molecule has 0 aliphatic carbocycles. The van der Waals surface area contributed by atoms with Crippen molar-refractivity contribution in [1.29, 1.82) is 0 Å². The lowest BCUT2D eigenvalue weighted by molar-refractivity contribution is 0.557. The van der Waals surface area contributed by atoms with E-state index in [9.17, 15) is 9.59 Å². The van der Waals surface area contributed by atoms with E-state index >= 15 is 0 Å². The Hall–Kier alpha value is -0.190. The fraction of sp³-hybridized carbons (Fsp3) is 0.714. The first-order chi connectivity index (χ1) is 6.79. The van der Waals surface area contributed by atoms with Crippen molar-refractivity contribution >= 4 is 47.4 Å². The van der Waals surface area contributed by atoms with E-state index in [0.29, 0.717) is 0 Å². The largest absolute Gasteiger partial charge is 0.236 e. The van der Waals surface area contributed by atoms with Crippen LogP contribution in [-0.4, -0.2) is 40.5 Å². The Morgan fingerprint density at radius 2 is 1.71 bits per heavy atom. The highest BCUT2D eigenvalue weighted by molar-refractivity contribution is 8.16. The molecule has 0 heterocycles. The maximum atomic E-state index is 10.1. The Labute approximate surface area is 95.4 Å². The Morgan fingerprint density at radius 3 is 2.14 bits per heavy atom. The summed E-state index contributed by atoms with van der Waals surface area (Å²) in [5.74, 6) is 0. The van der Waals surface area contributed by atoms with Gasteiger partial charge in [-0.1, -0.05) is 0 Å². The highest BCUT2D eigenvalue weighted by Gasteiger charge is 2.19. The molecule has 7 heteroatoms. The van der Waals surface area contributed by atoms with Gasteiger partial charge in [-0.3, -0.25) is 0 Å². The average molecular weight is 250 g/mol. The molecule has 0 saturated carbocycles. The summed E-state index contributed by atoms with van der Waals surface area (Å²) in [6.07, 6.45) is 6.72. The normalized spacial score (nSPS) is 13.6. The summed E-state index contributed by atoms with van der Waals surface area (Å²) in [5, 5.41) is 0.0869. The van der Waals surface area contributed by atoms with Crippen molar-refractivity contribution in [2.24, 2.45) is 9.98 Å². The summed E-state index contributed by atoms with van der Waals surface area (Å²) < 4.78 is 0. The summed E-state index contributed by atoms with van der Waals surface area (Å²) in [7, 11) is 0. The van der Waals surface area contributed by atoms with Crippen LogP contribution in [0.25, 0.3) is 0 Å². The third-order valence-electron chi connectivity index (χ3n) is 1.20. The third-order valence-corrected chi connectivity index (χ3v) is 4.41. The number of hydrogen-bond acceptors (Lipinski definition) is 7. The summed E-state index contributed by atoms with van der Waals surface area (Å²) >= 11 is 4.45. The number of thioether (sulfide) groups is 3. The lowest BCUT2D eigenvalue weighted by Gasteiger charge is -2.14. The van der Waals surface area contributed by atoms with Crippen LogP contribution in [0.1, 0.15) is 0 Å². The minimum atomic E-state index is -0.355. The maximum Gasteiger partial charge on any atom is 0.236 e. The van der Waals surface area contributed by atoms with Gasteiger partial charge in [-0.15, -0.1) is 23.5 Å². The van der Waals surface area contributed by atoms with Crippen molar-refractivity contribution in [2.45, 2.75) is 10.7 Å². The molecule has 2 atom stereocenters. The molecule has 0 bridgehead atoms. The van der Waals surface area contributed by atoms with Gasteiger partial charge in [0.15, 0.2) is 0 Å². The van der Waals surface area contributed by atoms with Crippen molar-refractivity contribution in [1.82, 2.24) is 0 Å². The van der Waals surface area contributed by atoms with Crippen molar-refractivity contribution in [3.63, 3.8) is 0 Å². The molecule has 0 saturated heterocycles. The molecule has 78 valence electrons. The van der Waals surface area contributed by atoms with Crippen molar-refractivity contribution < 1.29 is 9.59 Å². The smallest absolute Gasteiger partial charge is 0.211 e. The van der Waals surface area contributed by atoms with Crippen LogP contribution in [-0.2, 0) is 9.59 Å². The van der Waals surface area contributed by atoms with Gasteiger partial charge in [-0.2, -0.15) is 21.7 Å². The van der Waals surface area contributed by atoms with Crippen molar-refractivity contribution in [2.75, 3.05) is 17.6 Å². The molecule has 0 N–H and O–H groups in total. The van der Waals surface area contributed by atoms with E-state index in [0.717, 1.165) is 5.08 Å². The van der Waals surface area contributed by atoms with Crippen LogP contribution in [0.2, 0.25) is 0 Å². The molecule has 0 spiro atoms. The fourth-order valence-electron chi connectivity index (χ4n) is 0.658. The fourth-order valence-corrected chi connectivity index (χ4v) is 3.11. The second-order valence-electron chi connectivity index (χ2n) is 2.03. The standard InChI is InChI=1S/C7H10N2O2S3/c1-12-5-14-7(9-4-11)6(13-2)8-3-10/h6-7H,5H2,1-2H3. The van der Waals surface area contributed by atoms with Gasteiger partial charge in [0.2, 0.25) is 12.2 Å². The highest BCUT2D eigenvalue weighted by Crippen LogP contribution is 2.26. The van der Waals surface area contributed by atoms with Crippen LogP contribution in [0.15, 0.2) is 9.98 Å². The molecule has 2 unspecified atom stereocenters. The van der Waals surface area contributed by atoms with E-state index in [1.54, 1.807) is 18.0 Å². The second kappa shape index (κ2) is 9.37. The van der Waals surface area contributed by atoms with E-state index in [1.165, 1.54) is 35.7 Å². The molecule has 0 aromatic carbocycles. The number of carbonyl (C=O) groups excluding carboxylic acids is 2. The van der Waals surface area contributed by atoms with Crippen LogP contribution < -0.4 is 0 Å². The molecule has 0 radical (unpaired) electrons. The zero-order chi connectivity index (χ0) is 10.8. The molecular formula is C7H10N2O2S3. The molecule has 0 amide bonds. The van der Waals surface area contributed by atoms with Gasteiger partial charge in [0.05, 0.1) is 0 Å².